The summed E-state index contributed by atoms with van der Waals surface area (Å²) in [5.41, 5.74) is 0. The predicted molar refractivity (Wildman–Crippen MR) is 52.5 cm³/mol. The van der Waals surface area contributed by atoms with Crippen LogP contribution in [0.1, 0.15) is 32.6 Å². The van der Waals surface area contributed by atoms with Crippen LogP contribution in [-0.2, 0) is 0 Å². The van der Waals surface area contributed by atoms with Crippen molar-refractivity contribution in [1.29, 1.82) is 0 Å². The first kappa shape index (κ1) is 11.0. The van der Waals surface area contributed by atoms with E-state index >= 15 is 0 Å². The Morgan fingerprint density at radius 3 is 2.85 bits per heavy atom. The summed E-state index contributed by atoms with van der Waals surface area (Å²) in [6.07, 6.45) is 4.44. The number of rotatable bonds is 4. The largest absolute Gasteiger partial charge is 0.394 e. The third kappa shape index (κ3) is 4.07. The summed E-state index contributed by atoms with van der Waals surface area (Å²) < 4.78 is 0. The molecule has 0 amide bonds. The van der Waals surface area contributed by atoms with Gasteiger partial charge in [-0.05, 0) is 18.8 Å². The quantitative estimate of drug-likeness (QED) is 0.601. The van der Waals surface area contributed by atoms with E-state index in [1.165, 1.54) is 25.7 Å². The molecule has 0 spiro atoms. The molecule has 1 saturated carbocycles. The van der Waals surface area contributed by atoms with Gasteiger partial charge in [0.2, 0.25) is 0 Å². The first-order chi connectivity index (χ1) is 6.22. The zero-order valence-corrected chi connectivity index (χ0v) is 8.37. The van der Waals surface area contributed by atoms with Gasteiger partial charge in [-0.2, -0.15) is 0 Å². The molecule has 0 radical (unpaired) electrons. The second-order valence-electron chi connectivity index (χ2n) is 4.21. The summed E-state index contributed by atoms with van der Waals surface area (Å²) in [7, 11) is 0. The molecule has 13 heavy (non-hydrogen) atoms. The molecule has 0 aromatic carbocycles. The van der Waals surface area contributed by atoms with Crippen LogP contribution in [0.4, 0.5) is 0 Å². The normalized spacial score (nSPS) is 31.6. The van der Waals surface area contributed by atoms with E-state index in [-0.39, 0.29) is 6.61 Å². The highest BCUT2D eigenvalue weighted by Gasteiger charge is 2.18. The first-order valence-corrected chi connectivity index (χ1v) is 5.24. The molecule has 0 bridgehead atoms. The molecule has 0 saturated heterocycles. The predicted octanol–water partition coefficient (Wildman–Crippen LogP) is 0.508. The number of aliphatic hydroxyl groups excluding tert-OH is 2. The third-order valence-corrected chi connectivity index (χ3v) is 2.79. The van der Waals surface area contributed by atoms with E-state index in [0.29, 0.717) is 12.6 Å². The van der Waals surface area contributed by atoms with Gasteiger partial charge in [-0.1, -0.05) is 19.8 Å². The first-order valence-electron chi connectivity index (χ1n) is 5.24. The van der Waals surface area contributed by atoms with Gasteiger partial charge in [-0.25, -0.2) is 0 Å². The van der Waals surface area contributed by atoms with Crippen molar-refractivity contribution in [3.63, 3.8) is 0 Å². The Kier molecular flexibility index (Phi) is 4.70. The summed E-state index contributed by atoms with van der Waals surface area (Å²) in [6.45, 7) is 2.65. The molecule has 0 heterocycles. The Morgan fingerprint density at radius 2 is 2.23 bits per heavy atom. The Hall–Kier alpha value is -0.120. The van der Waals surface area contributed by atoms with Crippen molar-refractivity contribution in [3.8, 4) is 0 Å². The van der Waals surface area contributed by atoms with E-state index < -0.39 is 6.10 Å². The van der Waals surface area contributed by atoms with Gasteiger partial charge in [0.15, 0.2) is 0 Å². The fourth-order valence-electron chi connectivity index (χ4n) is 1.99. The van der Waals surface area contributed by atoms with E-state index in [4.69, 9.17) is 10.2 Å². The summed E-state index contributed by atoms with van der Waals surface area (Å²) in [4.78, 5) is 0. The van der Waals surface area contributed by atoms with Crippen LogP contribution >= 0.6 is 0 Å². The minimum atomic E-state index is -0.600. The lowest BCUT2D eigenvalue weighted by atomic mass is 9.87. The second-order valence-corrected chi connectivity index (χ2v) is 4.21. The van der Waals surface area contributed by atoms with Crippen molar-refractivity contribution >= 4 is 0 Å². The molecule has 78 valence electrons. The van der Waals surface area contributed by atoms with E-state index in [1.54, 1.807) is 0 Å². The fourth-order valence-corrected chi connectivity index (χ4v) is 1.99. The van der Waals surface area contributed by atoms with Crippen molar-refractivity contribution in [3.05, 3.63) is 0 Å². The van der Waals surface area contributed by atoms with Gasteiger partial charge < -0.3 is 15.5 Å². The molecule has 3 nitrogen and oxygen atoms in total. The highest BCUT2D eigenvalue weighted by atomic mass is 16.3. The summed E-state index contributed by atoms with van der Waals surface area (Å²) in [5, 5.41) is 21.1. The molecule has 0 aromatic rings. The van der Waals surface area contributed by atoms with Gasteiger partial charge in [0, 0.05) is 12.6 Å². The van der Waals surface area contributed by atoms with Crippen molar-refractivity contribution < 1.29 is 10.2 Å². The molecular weight excluding hydrogens is 166 g/mol. The maximum Gasteiger partial charge on any atom is 0.0895 e. The van der Waals surface area contributed by atoms with Crippen molar-refractivity contribution in [2.24, 2.45) is 5.92 Å². The Labute approximate surface area is 80.2 Å². The lowest BCUT2D eigenvalue weighted by Crippen LogP contribution is -2.39. The molecule has 0 aliphatic heterocycles. The summed E-state index contributed by atoms with van der Waals surface area (Å²) >= 11 is 0. The number of aliphatic hydroxyl groups is 2. The number of hydrogen-bond donors (Lipinski definition) is 3. The standard InChI is InChI=1S/C10H21NO2/c1-8-3-2-4-9(5-8)11-6-10(13)7-12/h8-13H,2-7H2,1H3. The van der Waals surface area contributed by atoms with Crippen molar-refractivity contribution in [1.82, 2.24) is 5.32 Å². The monoisotopic (exact) mass is 187 g/mol. The lowest BCUT2D eigenvalue weighted by molar-refractivity contribution is 0.0893. The van der Waals surface area contributed by atoms with Gasteiger partial charge in [-0.15, -0.1) is 0 Å². The van der Waals surface area contributed by atoms with E-state index in [0.717, 1.165) is 5.92 Å². The lowest BCUT2D eigenvalue weighted by Gasteiger charge is -2.28. The number of nitrogens with one attached hydrogen (secondary N) is 1. The van der Waals surface area contributed by atoms with Crippen LogP contribution in [-0.4, -0.2) is 35.5 Å². The molecule has 3 heteroatoms. The van der Waals surface area contributed by atoms with Gasteiger partial charge >= 0.3 is 0 Å². The molecule has 3 N–H and O–H groups in total. The molecule has 1 rings (SSSR count). The Bertz CT molecular complexity index is 141. The molecule has 1 aliphatic carbocycles. The molecule has 1 aliphatic rings. The van der Waals surface area contributed by atoms with Gasteiger partial charge in [0.25, 0.3) is 0 Å². The smallest absolute Gasteiger partial charge is 0.0895 e. The highest BCUT2D eigenvalue weighted by molar-refractivity contribution is 4.76. The zero-order chi connectivity index (χ0) is 9.68. The molecule has 3 atom stereocenters. The number of hydrogen-bond acceptors (Lipinski definition) is 3. The van der Waals surface area contributed by atoms with Crippen LogP contribution in [0.5, 0.6) is 0 Å². The van der Waals surface area contributed by atoms with Crippen molar-refractivity contribution in [2.45, 2.75) is 44.8 Å². The van der Waals surface area contributed by atoms with Crippen molar-refractivity contribution in [2.75, 3.05) is 13.2 Å². The SMILES string of the molecule is CC1CCCC(NCC(O)CO)C1. The minimum absolute atomic E-state index is 0.144. The van der Waals surface area contributed by atoms with Crippen LogP contribution in [0, 0.1) is 5.92 Å². The molecule has 1 fully saturated rings. The van der Waals surface area contributed by atoms with Crippen LogP contribution in [0.3, 0.4) is 0 Å². The maximum atomic E-state index is 9.14. The van der Waals surface area contributed by atoms with Crippen LogP contribution in [0.2, 0.25) is 0 Å². The third-order valence-electron chi connectivity index (χ3n) is 2.79. The fraction of sp³-hybridized carbons (Fsp3) is 1.00. The Morgan fingerprint density at radius 1 is 1.46 bits per heavy atom. The highest BCUT2D eigenvalue weighted by Crippen LogP contribution is 2.23. The zero-order valence-electron chi connectivity index (χ0n) is 8.37. The molecule has 3 unspecified atom stereocenters. The summed E-state index contributed by atoms with van der Waals surface area (Å²) in [5.74, 6) is 0.803. The molecular formula is C10H21NO2. The minimum Gasteiger partial charge on any atom is -0.394 e. The van der Waals surface area contributed by atoms with Gasteiger partial charge in [0.1, 0.15) is 0 Å². The van der Waals surface area contributed by atoms with E-state index in [2.05, 4.69) is 12.2 Å². The van der Waals surface area contributed by atoms with E-state index in [9.17, 15) is 0 Å². The second kappa shape index (κ2) is 5.58. The van der Waals surface area contributed by atoms with Gasteiger partial charge in [-0.3, -0.25) is 0 Å². The van der Waals surface area contributed by atoms with Gasteiger partial charge in [0.05, 0.1) is 12.7 Å². The van der Waals surface area contributed by atoms with Crippen LogP contribution in [0.25, 0.3) is 0 Å². The Balaban J connectivity index is 2.13. The van der Waals surface area contributed by atoms with Crippen LogP contribution < -0.4 is 5.32 Å². The molecule has 0 aromatic heterocycles. The average Bonchev–Trinajstić information content (AvgIpc) is 2.14. The maximum absolute atomic E-state index is 9.14. The van der Waals surface area contributed by atoms with E-state index in [1.807, 2.05) is 0 Å². The topological polar surface area (TPSA) is 52.5 Å². The average molecular weight is 187 g/mol. The van der Waals surface area contributed by atoms with Crippen LogP contribution in [0.15, 0.2) is 0 Å². The summed E-state index contributed by atoms with van der Waals surface area (Å²) in [6, 6.07) is 0.546.